The Labute approximate surface area is 144 Å². The fraction of sp³-hybridized carbons (Fsp3) is 0.150. The fourth-order valence-electron chi connectivity index (χ4n) is 3.14. The number of fused-ring (bicyclic) bond motifs is 1. The van der Waals surface area contributed by atoms with Crippen LogP contribution in [-0.4, -0.2) is 20.9 Å². The first kappa shape index (κ1) is 15.3. The van der Waals surface area contributed by atoms with Crippen LogP contribution in [0.5, 0.6) is 0 Å². The number of rotatable bonds is 3. The van der Waals surface area contributed by atoms with Gasteiger partial charge in [0, 0.05) is 34.6 Å². The van der Waals surface area contributed by atoms with Crippen LogP contribution in [0.25, 0.3) is 33.3 Å². The van der Waals surface area contributed by atoms with Crippen molar-refractivity contribution in [2.45, 2.75) is 20.8 Å². The molecular weight excluding hydrogens is 314 g/mol. The molecule has 1 aromatic carbocycles. The fourth-order valence-corrected chi connectivity index (χ4v) is 3.14. The Morgan fingerprint density at radius 3 is 2.52 bits per heavy atom. The Kier molecular flexibility index (Phi) is 3.50. The number of hydrogen-bond acceptors (Lipinski definition) is 4. The van der Waals surface area contributed by atoms with Crippen molar-refractivity contribution in [1.82, 2.24) is 15.1 Å². The lowest BCUT2D eigenvalue weighted by Gasteiger charge is -2.03. The SMILES string of the molecule is CC(=O)c1ccc(-c2c[nH]c3cc(-c4c(C)noc4C)cnc23)cc1. The molecule has 0 aliphatic rings. The van der Waals surface area contributed by atoms with E-state index in [4.69, 9.17) is 4.52 Å². The molecule has 0 spiro atoms. The van der Waals surface area contributed by atoms with E-state index in [0.29, 0.717) is 5.56 Å². The number of H-pyrrole nitrogens is 1. The first-order valence-electron chi connectivity index (χ1n) is 8.06. The number of nitrogens with zero attached hydrogens (tertiary/aromatic N) is 2. The van der Waals surface area contributed by atoms with Crippen LogP contribution in [0.1, 0.15) is 28.7 Å². The second kappa shape index (κ2) is 5.70. The van der Waals surface area contributed by atoms with Crippen molar-refractivity contribution in [3.05, 3.63) is 59.7 Å². The monoisotopic (exact) mass is 331 g/mol. The molecule has 0 saturated carbocycles. The molecule has 3 heterocycles. The number of pyridine rings is 1. The number of ketones is 1. The maximum absolute atomic E-state index is 11.4. The molecule has 3 aromatic heterocycles. The van der Waals surface area contributed by atoms with Gasteiger partial charge in [0.2, 0.25) is 0 Å². The van der Waals surface area contributed by atoms with E-state index in [0.717, 1.165) is 44.7 Å². The van der Waals surface area contributed by atoms with Gasteiger partial charge in [0.05, 0.1) is 16.7 Å². The summed E-state index contributed by atoms with van der Waals surface area (Å²) in [4.78, 5) is 19.4. The molecule has 1 N–H and O–H groups in total. The lowest BCUT2D eigenvalue weighted by Crippen LogP contribution is -1.90. The summed E-state index contributed by atoms with van der Waals surface area (Å²) >= 11 is 0. The van der Waals surface area contributed by atoms with E-state index in [-0.39, 0.29) is 5.78 Å². The van der Waals surface area contributed by atoms with Crippen molar-refractivity contribution in [2.24, 2.45) is 0 Å². The lowest BCUT2D eigenvalue weighted by molar-refractivity contribution is 0.101. The highest BCUT2D eigenvalue weighted by molar-refractivity contribution is 5.97. The van der Waals surface area contributed by atoms with Crippen LogP contribution in [-0.2, 0) is 0 Å². The Hall–Kier alpha value is -3.21. The molecule has 124 valence electrons. The van der Waals surface area contributed by atoms with Crippen LogP contribution in [0.2, 0.25) is 0 Å². The van der Waals surface area contributed by atoms with Gasteiger partial charge in [-0.3, -0.25) is 9.78 Å². The van der Waals surface area contributed by atoms with Crippen LogP contribution in [0.15, 0.2) is 47.2 Å². The van der Waals surface area contributed by atoms with Crippen molar-refractivity contribution in [1.29, 1.82) is 0 Å². The first-order valence-corrected chi connectivity index (χ1v) is 8.06. The van der Waals surface area contributed by atoms with Gasteiger partial charge in [-0.25, -0.2) is 0 Å². The molecule has 0 radical (unpaired) electrons. The summed E-state index contributed by atoms with van der Waals surface area (Å²) < 4.78 is 5.25. The Bertz CT molecular complexity index is 1070. The van der Waals surface area contributed by atoms with E-state index in [1.54, 1.807) is 6.92 Å². The first-order chi connectivity index (χ1) is 12.0. The van der Waals surface area contributed by atoms with Crippen LogP contribution in [0, 0.1) is 13.8 Å². The number of aryl methyl sites for hydroxylation is 2. The van der Waals surface area contributed by atoms with Gasteiger partial charge >= 0.3 is 0 Å². The average molecular weight is 331 g/mol. The van der Waals surface area contributed by atoms with Crippen LogP contribution >= 0.6 is 0 Å². The van der Waals surface area contributed by atoms with Gasteiger partial charge in [0.25, 0.3) is 0 Å². The third kappa shape index (κ3) is 2.54. The van der Waals surface area contributed by atoms with E-state index in [9.17, 15) is 4.79 Å². The van der Waals surface area contributed by atoms with Crippen molar-refractivity contribution in [3.63, 3.8) is 0 Å². The standard InChI is InChI=1S/C20H17N3O2/c1-11-19(13(3)25-23-11)16-8-18-20(22-9-16)17(10-21-18)15-6-4-14(5-7-15)12(2)24/h4-10,21H,1-3H3. The maximum Gasteiger partial charge on any atom is 0.159 e. The van der Waals surface area contributed by atoms with Crippen molar-refractivity contribution in [2.75, 3.05) is 0 Å². The number of hydrogen-bond donors (Lipinski definition) is 1. The van der Waals surface area contributed by atoms with Gasteiger partial charge in [-0.2, -0.15) is 0 Å². The largest absolute Gasteiger partial charge is 0.361 e. The minimum Gasteiger partial charge on any atom is -0.361 e. The molecule has 25 heavy (non-hydrogen) atoms. The summed E-state index contributed by atoms with van der Waals surface area (Å²) in [5.41, 5.74) is 7.39. The van der Waals surface area contributed by atoms with Crippen LogP contribution in [0.3, 0.4) is 0 Å². The summed E-state index contributed by atoms with van der Waals surface area (Å²) in [5, 5.41) is 4.01. The number of carbonyl (C=O) groups excluding carboxylic acids is 1. The molecule has 0 aliphatic carbocycles. The van der Waals surface area contributed by atoms with Crippen LogP contribution < -0.4 is 0 Å². The Morgan fingerprint density at radius 1 is 1.12 bits per heavy atom. The number of carbonyl (C=O) groups is 1. The Balaban J connectivity index is 1.79. The van der Waals surface area contributed by atoms with E-state index < -0.39 is 0 Å². The summed E-state index contributed by atoms with van der Waals surface area (Å²) in [5.74, 6) is 0.845. The van der Waals surface area contributed by atoms with E-state index in [2.05, 4.69) is 21.2 Å². The van der Waals surface area contributed by atoms with E-state index in [1.807, 2.05) is 50.5 Å². The second-order valence-corrected chi connectivity index (χ2v) is 6.16. The predicted octanol–water partition coefficient (Wildman–Crippen LogP) is 4.70. The van der Waals surface area contributed by atoms with Gasteiger partial charge < -0.3 is 9.51 Å². The molecular formula is C20H17N3O2. The maximum atomic E-state index is 11.4. The smallest absolute Gasteiger partial charge is 0.159 e. The zero-order chi connectivity index (χ0) is 17.6. The van der Waals surface area contributed by atoms with E-state index >= 15 is 0 Å². The number of aromatic nitrogens is 3. The third-order valence-corrected chi connectivity index (χ3v) is 4.44. The summed E-state index contributed by atoms with van der Waals surface area (Å²) in [6.07, 6.45) is 3.79. The topological polar surface area (TPSA) is 71.8 Å². The van der Waals surface area contributed by atoms with Gasteiger partial charge in [-0.1, -0.05) is 29.4 Å². The molecule has 0 saturated heterocycles. The van der Waals surface area contributed by atoms with Gasteiger partial charge in [0.15, 0.2) is 5.78 Å². The highest BCUT2D eigenvalue weighted by Gasteiger charge is 2.14. The molecule has 0 atom stereocenters. The molecule has 4 rings (SSSR count). The summed E-state index contributed by atoms with van der Waals surface area (Å²) in [6.45, 7) is 5.39. The summed E-state index contributed by atoms with van der Waals surface area (Å²) in [7, 11) is 0. The van der Waals surface area contributed by atoms with E-state index in [1.165, 1.54) is 0 Å². The minimum atomic E-state index is 0.0627. The zero-order valence-corrected chi connectivity index (χ0v) is 14.3. The molecule has 5 heteroatoms. The minimum absolute atomic E-state index is 0.0627. The highest BCUT2D eigenvalue weighted by Crippen LogP contribution is 2.32. The lowest BCUT2D eigenvalue weighted by atomic mass is 10.0. The van der Waals surface area contributed by atoms with Gasteiger partial charge in [-0.05, 0) is 32.4 Å². The number of aromatic amines is 1. The van der Waals surface area contributed by atoms with Crippen molar-refractivity contribution in [3.8, 4) is 22.3 Å². The molecule has 0 fully saturated rings. The summed E-state index contributed by atoms with van der Waals surface area (Å²) in [6, 6.07) is 9.64. The van der Waals surface area contributed by atoms with Gasteiger partial charge in [0.1, 0.15) is 5.76 Å². The number of Topliss-reactive ketones (excluding diaryl/α,β-unsaturated/α-hetero) is 1. The highest BCUT2D eigenvalue weighted by atomic mass is 16.5. The Morgan fingerprint density at radius 2 is 1.88 bits per heavy atom. The zero-order valence-electron chi connectivity index (χ0n) is 14.3. The second-order valence-electron chi connectivity index (χ2n) is 6.16. The molecule has 0 bridgehead atoms. The third-order valence-electron chi connectivity index (χ3n) is 4.44. The van der Waals surface area contributed by atoms with Crippen molar-refractivity contribution >= 4 is 16.8 Å². The normalized spacial score (nSPS) is 11.2. The number of benzene rings is 1. The quantitative estimate of drug-likeness (QED) is 0.552. The molecule has 0 unspecified atom stereocenters. The molecule has 0 aliphatic heterocycles. The number of nitrogens with one attached hydrogen (secondary N) is 1. The van der Waals surface area contributed by atoms with Crippen molar-refractivity contribution < 1.29 is 9.32 Å². The molecule has 4 aromatic rings. The molecule has 5 nitrogen and oxygen atoms in total. The van der Waals surface area contributed by atoms with Gasteiger partial charge in [-0.15, -0.1) is 0 Å². The average Bonchev–Trinajstić information content (AvgIpc) is 3.17. The molecule has 0 amide bonds. The predicted molar refractivity (Wildman–Crippen MR) is 96.5 cm³/mol. The van der Waals surface area contributed by atoms with Crippen LogP contribution in [0.4, 0.5) is 0 Å².